The molecule has 1 aliphatic carbocycles. The number of halogens is 2. The molecule has 1 aliphatic rings. The topological polar surface area (TPSA) is 46.2 Å². The van der Waals surface area contributed by atoms with Crippen molar-refractivity contribution in [3.63, 3.8) is 0 Å². The number of rotatable bonds is 3. The van der Waals surface area contributed by atoms with Crippen LogP contribution in [0.3, 0.4) is 0 Å². The van der Waals surface area contributed by atoms with Crippen LogP contribution in [-0.4, -0.2) is 11.7 Å². The van der Waals surface area contributed by atoms with Crippen molar-refractivity contribution in [3.8, 4) is 0 Å². The molecule has 3 rings (SSSR count). The van der Waals surface area contributed by atoms with E-state index in [1.54, 1.807) is 6.07 Å². The maximum atomic E-state index is 13.6. The van der Waals surface area contributed by atoms with E-state index in [1.165, 1.54) is 17.7 Å². The maximum Gasteiger partial charge on any atom is 0.125 e. The van der Waals surface area contributed by atoms with Crippen molar-refractivity contribution in [2.24, 2.45) is 5.73 Å². The van der Waals surface area contributed by atoms with E-state index < -0.39 is 17.3 Å². The average Bonchev–Trinajstić information content (AvgIpc) is 2.85. The van der Waals surface area contributed by atoms with E-state index in [9.17, 15) is 9.50 Å². The predicted molar refractivity (Wildman–Crippen MR) is 81.9 cm³/mol. The molecule has 2 aromatic rings. The monoisotopic (exact) mass is 305 g/mol. The third kappa shape index (κ3) is 2.35. The SMILES string of the molecule is NCC1(C(O)c2cc(F)cc(Cl)c2)CCc2ccccc21. The molecule has 0 saturated carbocycles. The van der Waals surface area contributed by atoms with Gasteiger partial charge in [0.05, 0.1) is 6.10 Å². The van der Waals surface area contributed by atoms with Gasteiger partial charge in [-0.1, -0.05) is 35.9 Å². The molecule has 2 aromatic carbocycles. The second-order valence-electron chi connectivity index (χ2n) is 5.62. The summed E-state index contributed by atoms with van der Waals surface area (Å²) in [6.07, 6.45) is 0.741. The molecule has 0 saturated heterocycles. The minimum absolute atomic E-state index is 0.280. The first-order valence-electron chi connectivity index (χ1n) is 6.99. The lowest BCUT2D eigenvalue weighted by Gasteiger charge is -2.34. The van der Waals surface area contributed by atoms with Crippen LogP contribution in [0.1, 0.15) is 29.2 Å². The van der Waals surface area contributed by atoms with Crippen LogP contribution in [0.2, 0.25) is 5.02 Å². The highest BCUT2D eigenvalue weighted by Gasteiger charge is 2.44. The standard InChI is InChI=1S/C17H17ClFNO/c18-13-7-12(8-14(19)9-13)16(21)17(10-20)6-5-11-3-1-2-4-15(11)17/h1-4,7-9,16,21H,5-6,10,20H2. The van der Waals surface area contributed by atoms with E-state index in [0.29, 0.717) is 12.1 Å². The molecule has 0 aromatic heterocycles. The summed E-state index contributed by atoms with van der Waals surface area (Å²) in [4.78, 5) is 0. The van der Waals surface area contributed by atoms with Crippen LogP contribution >= 0.6 is 11.6 Å². The summed E-state index contributed by atoms with van der Waals surface area (Å²) in [5.74, 6) is -0.449. The quantitative estimate of drug-likeness (QED) is 0.913. The van der Waals surface area contributed by atoms with E-state index >= 15 is 0 Å². The van der Waals surface area contributed by atoms with Crippen LogP contribution in [0.5, 0.6) is 0 Å². The Hall–Kier alpha value is -1.42. The summed E-state index contributed by atoms with van der Waals surface area (Å²) in [6, 6.07) is 12.1. The minimum Gasteiger partial charge on any atom is -0.387 e. The second kappa shape index (κ2) is 5.41. The summed E-state index contributed by atoms with van der Waals surface area (Å²) in [5.41, 5.74) is 8.16. The van der Waals surface area contributed by atoms with Crippen molar-refractivity contribution in [3.05, 3.63) is 70.0 Å². The molecular formula is C17H17ClFNO. The average molecular weight is 306 g/mol. The molecule has 0 heterocycles. The molecule has 0 aliphatic heterocycles. The van der Waals surface area contributed by atoms with Gasteiger partial charge in [0.1, 0.15) is 5.82 Å². The summed E-state index contributed by atoms with van der Waals surface area (Å²) in [5, 5.41) is 11.1. The van der Waals surface area contributed by atoms with Gasteiger partial charge in [0, 0.05) is 17.0 Å². The first kappa shape index (κ1) is 14.5. The van der Waals surface area contributed by atoms with Gasteiger partial charge in [-0.05, 0) is 47.7 Å². The molecule has 0 bridgehead atoms. The Morgan fingerprint density at radius 1 is 1.29 bits per heavy atom. The molecule has 2 nitrogen and oxygen atoms in total. The summed E-state index contributed by atoms with van der Waals surface area (Å²) in [7, 11) is 0. The minimum atomic E-state index is -0.876. The maximum absolute atomic E-state index is 13.6. The van der Waals surface area contributed by atoms with Crippen LogP contribution in [0.15, 0.2) is 42.5 Å². The Morgan fingerprint density at radius 2 is 2.05 bits per heavy atom. The Bertz CT molecular complexity index is 655. The van der Waals surface area contributed by atoms with Crippen LogP contribution in [-0.2, 0) is 11.8 Å². The lowest BCUT2D eigenvalue weighted by atomic mass is 9.74. The fraction of sp³-hybridized carbons (Fsp3) is 0.294. The third-order valence-corrected chi connectivity index (χ3v) is 4.70. The van der Waals surface area contributed by atoms with Crippen LogP contribution in [0.25, 0.3) is 0 Å². The fourth-order valence-corrected chi connectivity index (χ4v) is 3.61. The van der Waals surface area contributed by atoms with E-state index in [1.807, 2.05) is 18.2 Å². The van der Waals surface area contributed by atoms with Gasteiger partial charge >= 0.3 is 0 Å². The lowest BCUT2D eigenvalue weighted by Crippen LogP contribution is -2.39. The number of fused-ring (bicyclic) bond motifs is 1. The Kier molecular flexibility index (Phi) is 3.74. The number of nitrogens with two attached hydrogens (primary N) is 1. The van der Waals surface area contributed by atoms with Gasteiger partial charge < -0.3 is 10.8 Å². The fourth-order valence-electron chi connectivity index (χ4n) is 3.38. The van der Waals surface area contributed by atoms with Gasteiger partial charge in [0.15, 0.2) is 0 Å². The van der Waals surface area contributed by atoms with Gasteiger partial charge in [0.2, 0.25) is 0 Å². The molecule has 2 unspecified atom stereocenters. The molecule has 2 atom stereocenters. The Balaban J connectivity index is 2.08. The molecule has 3 N–H and O–H groups in total. The van der Waals surface area contributed by atoms with Crippen molar-refractivity contribution in [2.75, 3.05) is 6.54 Å². The highest BCUT2D eigenvalue weighted by Crippen LogP contribution is 2.47. The molecular weight excluding hydrogens is 289 g/mol. The van der Waals surface area contributed by atoms with Crippen LogP contribution in [0, 0.1) is 5.82 Å². The zero-order chi connectivity index (χ0) is 15.0. The largest absolute Gasteiger partial charge is 0.387 e. The van der Waals surface area contributed by atoms with Gasteiger partial charge in [0.25, 0.3) is 0 Å². The number of aryl methyl sites for hydroxylation is 1. The van der Waals surface area contributed by atoms with Gasteiger partial charge in [-0.15, -0.1) is 0 Å². The van der Waals surface area contributed by atoms with Crippen molar-refractivity contribution < 1.29 is 9.50 Å². The molecule has 21 heavy (non-hydrogen) atoms. The van der Waals surface area contributed by atoms with Gasteiger partial charge in [-0.2, -0.15) is 0 Å². The zero-order valence-corrected chi connectivity index (χ0v) is 12.3. The first-order valence-corrected chi connectivity index (χ1v) is 7.37. The first-order chi connectivity index (χ1) is 10.1. The molecule has 0 amide bonds. The van der Waals surface area contributed by atoms with Crippen molar-refractivity contribution >= 4 is 11.6 Å². The highest BCUT2D eigenvalue weighted by molar-refractivity contribution is 6.30. The number of aliphatic hydroxyl groups excluding tert-OH is 1. The van der Waals surface area contributed by atoms with E-state index in [4.69, 9.17) is 17.3 Å². The van der Waals surface area contributed by atoms with Crippen molar-refractivity contribution in [2.45, 2.75) is 24.4 Å². The number of benzene rings is 2. The molecule has 0 radical (unpaired) electrons. The number of hydrogen-bond donors (Lipinski definition) is 2. The second-order valence-corrected chi connectivity index (χ2v) is 6.06. The van der Waals surface area contributed by atoms with E-state index in [2.05, 4.69) is 6.07 Å². The molecule has 0 fully saturated rings. The summed E-state index contributed by atoms with van der Waals surface area (Å²) >= 11 is 5.91. The van der Waals surface area contributed by atoms with Gasteiger partial charge in [-0.3, -0.25) is 0 Å². The molecule has 4 heteroatoms. The van der Waals surface area contributed by atoms with Crippen molar-refractivity contribution in [1.82, 2.24) is 0 Å². The predicted octanol–water partition coefficient (Wildman–Crippen LogP) is 3.36. The number of aliphatic hydroxyl groups is 1. The normalized spacial score (nSPS) is 22.1. The van der Waals surface area contributed by atoms with Crippen LogP contribution in [0.4, 0.5) is 4.39 Å². The summed E-state index contributed by atoms with van der Waals surface area (Å²) in [6.45, 7) is 0.305. The van der Waals surface area contributed by atoms with Gasteiger partial charge in [-0.25, -0.2) is 4.39 Å². The third-order valence-electron chi connectivity index (χ3n) is 4.48. The number of hydrogen-bond acceptors (Lipinski definition) is 2. The lowest BCUT2D eigenvalue weighted by molar-refractivity contribution is 0.0838. The highest BCUT2D eigenvalue weighted by atomic mass is 35.5. The molecule has 0 spiro atoms. The van der Waals surface area contributed by atoms with Crippen molar-refractivity contribution in [1.29, 1.82) is 0 Å². The Labute approximate surface area is 128 Å². The smallest absolute Gasteiger partial charge is 0.125 e. The molecule has 110 valence electrons. The van der Waals surface area contributed by atoms with Crippen LogP contribution < -0.4 is 5.73 Å². The van der Waals surface area contributed by atoms with E-state index in [0.717, 1.165) is 18.4 Å². The zero-order valence-electron chi connectivity index (χ0n) is 11.5. The summed E-state index contributed by atoms with van der Waals surface area (Å²) < 4.78 is 13.6. The van der Waals surface area contributed by atoms with E-state index in [-0.39, 0.29) is 5.02 Å². The Morgan fingerprint density at radius 3 is 2.76 bits per heavy atom.